The Bertz CT molecular complexity index is 1350. The summed E-state index contributed by atoms with van der Waals surface area (Å²) in [5.74, 6) is 0. The van der Waals surface area contributed by atoms with E-state index in [2.05, 4.69) is 24.3 Å². The van der Waals surface area contributed by atoms with Crippen LogP contribution in [0.5, 0.6) is 0 Å². The Morgan fingerprint density at radius 2 is 0.909 bits per heavy atom. The largest absolute Gasteiger partial charge is 0.374 e. The fourth-order valence-electron chi connectivity index (χ4n) is 5.25. The zero-order chi connectivity index (χ0) is 29.8. The zero-order valence-corrected chi connectivity index (χ0v) is 24.8. The van der Waals surface area contributed by atoms with Crippen molar-refractivity contribution >= 4 is 0 Å². The van der Waals surface area contributed by atoms with Crippen LogP contribution in [0.4, 0.5) is 0 Å². The van der Waals surface area contributed by atoms with E-state index in [0.29, 0.717) is 46.2 Å². The molecule has 2 aliphatic heterocycles. The molecule has 0 saturated carbocycles. The van der Waals surface area contributed by atoms with Crippen molar-refractivity contribution in [3.05, 3.63) is 144 Å². The van der Waals surface area contributed by atoms with Crippen molar-refractivity contribution in [2.75, 3.05) is 19.8 Å². The molecule has 0 radical (unpaired) electrons. The Balaban J connectivity index is 1.26. The maximum atomic E-state index is 6.72. The molecule has 2 aliphatic rings. The lowest BCUT2D eigenvalue weighted by Crippen LogP contribution is -2.62. The number of hydrogen-bond donors (Lipinski definition) is 0. The second-order valence-electron chi connectivity index (χ2n) is 11.1. The summed E-state index contributed by atoms with van der Waals surface area (Å²) in [6, 6.07) is 40.4. The molecule has 0 aliphatic carbocycles. The summed E-state index contributed by atoms with van der Waals surface area (Å²) in [7, 11) is 0. The third-order valence-corrected chi connectivity index (χ3v) is 7.69. The molecule has 0 unspecified atom stereocenters. The van der Waals surface area contributed by atoms with Crippen LogP contribution < -0.4 is 0 Å². The quantitative estimate of drug-likeness (QED) is 0.145. The van der Waals surface area contributed by atoms with Crippen molar-refractivity contribution in [2.24, 2.45) is 0 Å². The predicted molar refractivity (Wildman–Crippen MR) is 166 cm³/mol. The summed E-state index contributed by atoms with van der Waals surface area (Å²) in [6.45, 7) is 3.00. The maximum absolute atomic E-state index is 6.72. The number of ether oxygens (including phenoxy) is 7. The highest BCUT2D eigenvalue weighted by Crippen LogP contribution is 2.32. The molecule has 0 aromatic heterocycles. The van der Waals surface area contributed by atoms with Gasteiger partial charge in [0.15, 0.2) is 6.29 Å². The molecule has 4 aromatic rings. The van der Waals surface area contributed by atoms with Crippen molar-refractivity contribution in [1.82, 2.24) is 0 Å². The Morgan fingerprint density at radius 3 is 1.39 bits per heavy atom. The predicted octanol–water partition coefficient (Wildman–Crippen LogP) is 6.10. The number of rotatable bonds is 16. The summed E-state index contributed by atoms with van der Waals surface area (Å²) >= 11 is 0. The van der Waals surface area contributed by atoms with E-state index in [4.69, 9.17) is 33.2 Å². The van der Waals surface area contributed by atoms with E-state index in [-0.39, 0.29) is 6.10 Å². The van der Waals surface area contributed by atoms with Crippen LogP contribution in [0.2, 0.25) is 0 Å². The van der Waals surface area contributed by atoms with Gasteiger partial charge >= 0.3 is 0 Å². The molecule has 7 heteroatoms. The summed E-state index contributed by atoms with van der Waals surface area (Å²) in [4.78, 5) is 0. The van der Waals surface area contributed by atoms with Crippen LogP contribution in [-0.4, -0.2) is 56.6 Å². The van der Waals surface area contributed by atoms with Gasteiger partial charge in [-0.25, -0.2) is 0 Å². The Labute approximate surface area is 259 Å². The molecule has 0 amide bonds. The molecule has 6 rings (SSSR count). The summed E-state index contributed by atoms with van der Waals surface area (Å²) in [5, 5.41) is 0. The van der Waals surface area contributed by atoms with Crippen LogP contribution in [0.1, 0.15) is 22.3 Å². The van der Waals surface area contributed by atoms with Gasteiger partial charge in [0.25, 0.3) is 0 Å². The first kappa shape index (κ1) is 30.6. The van der Waals surface area contributed by atoms with Crippen LogP contribution in [0.25, 0.3) is 0 Å². The lowest BCUT2D eigenvalue weighted by atomic mass is 9.97. The van der Waals surface area contributed by atoms with Gasteiger partial charge in [-0.3, -0.25) is 0 Å². The van der Waals surface area contributed by atoms with Gasteiger partial charge in [-0.2, -0.15) is 0 Å². The molecule has 2 fully saturated rings. The highest BCUT2D eigenvalue weighted by Gasteiger charge is 2.49. The van der Waals surface area contributed by atoms with E-state index in [1.807, 2.05) is 97.1 Å². The van der Waals surface area contributed by atoms with Crippen LogP contribution in [0.3, 0.4) is 0 Å². The molecule has 2 heterocycles. The van der Waals surface area contributed by atoms with Gasteiger partial charge in [-0.05, 0) is 22.3 Å². The lowest BCUT2D eigenvalue weighted by Gasteiger charge is -2.45. The van der Waals surface area contributed by atoms with E-state index in [1.54, 1.807) is 0 Å². The monoisotopic (exact) mass is 596 g/mol. The first-order chi connectivity index (χ1) is 21.8. The van der Waals surface area contributed by atoms with Gasteiger partial charge < -0.3 is 33.2 Å². The fraction of sp³-hybridized carbons (Fsp3) is 0.351. The second kappa shape index (κ2) is 16.1. The van der Waals surface area contributed by atoms with Crippen molar-refractivity contribution in [3.63, 3.8) is 0 Å². The fourth-order valence-corrected chi connectivity index (χ4v) is 5.25. The number of benzene rings is 4. The van der Waals surface area contributed by atoms with Crippen molar-refractivity contribution in [1.29, 1.82) is 0 Å². The molecule has 230 valence electrons. The maximum Gasteiger partial charge on any atom is 0.187 e. The Morgan fingerprint density at radius 1 is 0.477 bits per heavy atom. The van der Waals surface area contributed by atoms with Crippen LogP contribution in [-0.2, 0) is 59.6 Å². The topological polar surface area (TPSA) is 67.9 Å². The van der Waals surface area contributed by atoms with Gasteiger partial charge in [0.1, 0.15) is 30.5 Å². The van der Waals surface area contributed by atoms with Gasteiger partial charge in [-0.1, -0.05) is 121 Å². The Hall–Kier alpha value is -3.40. The lowest BCUT2D eigenvalue weighted by molar-refractivity contribution is -0.328. The molecule has 0 N–H and O–H groups in total. The summed E-state index contributed by atoms with van der Waals surface area (Å²) < 4.78 is 44.6. The van der Waals surface area contributed by atoms with Gasteiger partial charge in [0, 0.05) is 0 Å². The van der Waals surface area contributed by atoms with Gasteiger partial charge in [0.2, 0.25) is 0 Å². The molecule has 0 bridgehead atoms. The molecular weight excluding hydrogens is 556 g/mol. The average Bonchev–Trinajstić information content (AvgIpc) is 3.92. The Kier molecular flexibility index (Phi) is 11.2. The molecule has 7 nitrogen and oxygen atoms in total. The average molecular weight is 597 g/mol. The molecule has 4 aromatic carbocycles. The minimum atomic E-state index is -0.703. The third kappa shape index (κ3) is 9.06. The van der Waals surface area contributed by atoms with E-state index >= 15 is 0 Å². The first-order valence-corrected chi connectivity index (χ1v) is 15.3. The van der Waals surface area contributed by atoms with E-state index in [0.717, 1.165) is 22.3 Å². The molecule has 2 saturated heterocycles. The van der Waals surface area contributed by atoms with Gasteiger partial charge in [-0.15, -0.1) is 0 Å². The number of epoxide rings is 1. The zero-order valence-electron chi connectivity index (χ0n) is 24.8. The number of hydrogen-bond acceptors (Lipinski definition) is 7. The molecule has 0 spiro atoms. The van der Waals surface area contributed by atoms with Crippen molar-refractivity contribution in [3.8, 4) is 0 Å². The van der Waals surface area contributed by atoms with E-state index in [9.17, 15) is 0 Å². The normalized spacial score (nSPS) is 24.6. The standard InChI is InChI=1S/C37H40O7/c1-5-13-28(14-6-1)21-38-27-33-34(40-22-29-15-7-2-8-16-29)35(41-23-30-17-9-3-10-18-30)36(37(44-33)43-26-32-25-39-32)42-24-31-19-11-4-12-20-31/h1-20,32-37H,21-27H2/t32-,33+,34+,35-,36+,37-/m0/s1. The highest BCUT2D eigenvalue weighted by atomic mass is 16.7. The van der Waals surface area contributed by atoms with Crippen molar-refractivity contribution in [2.45, 2.75) is 63.2 Å². The molecular formula is C37H40O7. The van der Waals surface area contributed by atoms with Crippen LogP contribution >= 0.6 is 0 Å². The van der Waals surface area contributed by atoms with Crippen LogP contribution in [0.15, 0.2) is 121 Å². The highest BCUT2D eigenvalue weighted by molar-refractivity contribution is 5.16. The van der Waals surface area contributed by atoms with Gasteiger partial charge in [0.05, 0.1) is 46.2 Å². The smallest absolute Gasteiger partial charge is 0.187 e. The second-order valence-corrected chi connectivity index (χ2v) is 11.1. The van der Waals surface area contributed by atoms with Crippen molar-refractivity contribution < 1.29 is 33.2 Å². The third-order valence-electron chi connectivity index (χ3n) is 7.69. The first-order valence-electron chi connectivity index (χ1n) is 15.3. The van der Waals surface area contributed by atoms with E-state index in [1.165, 1.54) is 0 Å². The SMILES string of the molecule is c1ccc(COC[C@H]2O[C@H](OC[C@@H]3CO3)[C@H](OCc3ccccc3)[C@@H](OCc3ccccc3)[C@@H]2OCc2ccccc2)cc1. The minimum absolute atomic E-state index is 0.0666. The van der Waals surface area contributed by atoms with Crippen LogP contribution in [0, 0.1) is 0 Å². The summed E-state index contributed by atoms with van der Waals surface area (Å²) in [6.07, 6.45) is -2.67. The molecule has 6 atom stereocenters. The van der Waals surface area contributed by atoms with E-state index < -0.39 is 30.7 Å². The molecule has 44 heavy (non-hydrogen) atoms. The minimum Gasteiger partial charge on any atom is -0.374 e. The summed E-state index contributed by atoms with van der Waals surface area (Å²) in [5.41, 5.74) is 4.26.